The summed E-state index contributed by atoms with van der Waals surface area (Å²) in [7, 11) is 3.11. The van der Waals surface area contributed by atoms with E-state index in [2.05, 4.69) is 42.5 Å². The van der Waals surface area contributed by atoms with Crippen LogP contribution in [0.5, 0.6) is 11.5 Å². The van der Waals surface area contributed by atoms with Gasteiger partial charge in [-0.05, 0) is 56.2 Å². The van der Waals surface area contributed by atoms with Crippen LogP contribution in [0.25, 0.3) is 10.2 Å². The Kier molecular flexibility index (Phi) is 5.13. The van der Waals surface area contributed by atoms with E-state index < -0.39 is 0 Å². The molecule has 136 valence electrons. The van der Waals surface area contributed by atoms with Crippen LogP contribution < -0.4 is 14.3 Å². The normalized spacial score (nSPS) is 11.8. The summed E-state index contributed by atoms with van der Waals surface area (Å²) >= 11 is 1.53. The molecule has 1 heterocycles. The molecule has 0 aliphatic carbocycles. The molecule has 6 heteroatoms. The molecular weight excluding hydrogens is 348 g/mol. The van der Waals surface area contributed by atoms with Gasteiger partial charge in [0, 0.05) is 18.2 Å². The Morgan fingerprint density at radius 2 is 1.65 bits per heavy atom. The van der Waals surface area contributed by atoms with Crippen molar-refractivity contribution in [2.45, 2.75) is 27.3 Å². The minimum Gasteiger partial charge on any atom is -0.497 e. The molecule has 0 bridgehead atoms. The third-order valence-corrected chi connectivity index (χ3v) is 5.45. The van der Waals surface area contributed by atoms with Crippen molar-refractivity contribution in [3.63, 3.8) is 0 Å². The number of ether oxygens (including phenoxy) is 2. The number of hydrogen-bond donors (Lipinski definition) is 0. The number of rotatable bonds is 4. The van der Waals surface area contributed by atoms with Gasteiger partial charge < -0.3 is 14.0 Å². The quantitative estimate of drug-likeness (QED) is 0.695. The number of thiazole rings is 1. The Labute approximate surface area is 156 Å². The fourth-order valence-corrected chi connectivity index (χ4v) is 3.97. The molecule has 2 aromatic carbocycles. The maximum absolute atomic E-state index is 12.7. The number of hydrogen-bond acceptors (Lipinski definition) is 4. The molecule has 0 radical (unpaired) electrons. The van der Waals surface area contributed by atoms with Crippen molar-refractivity contribution in [2.75, 3.05) is 14.2 Å². The van der Waals surface area contributed by atoms with Crippen LogP contribution in [0.15, 0.2) is 35.3 Å². The highest BCUT2D eigenvalue weighted by molar-refractivity contribution is 7.16. The lowest BCUT2D eigenvalue weighted by Gasteiger charge is -2.06. The van der Waals surface area contributed by atoms with E-state index >= 15 is 0 Å². The lowest BCUT2D eigenvalue weighted by molar-refractivity contribution is 0.0997. The van der Waals surface area contributed by atoms with E-state index in [9.17, 15) is 4.79 Å². The number of benzene rings is 2. The van der Waals surface area contributed by atoms with Crippen molar-refractivity contribution < 1.29 is 14.3 Å². The van der Waals surface area contributed by atoms with Gasteiger partial charge in [-0.2, -0.15) is 4.99 Å². The first-order valence-electron chi connectivity index (χ1n) is 8.39. The van der Waals surface area contributed by atoms with Crippen LogP contribution in [0.4, 0.5) is 0 Å². The van der Waals surface area contributed by atoms with Gasteiger partial charge >= 0.3 is 0 Å². The molecule has 1 amide bonds. The van der Waals surface area contributed by atoms with E-state index in [-0.39, 0.29) is 5.91 Å². The maximum atomic E-state index is 12.7. The molecule has 0 fully saturated rings. The van der Waals surface area contributed by atoms with Crippen LogP contribution in [0.3, 0.4) is 0 Å². The van der Waals surface area contributed by atoms with Crippen molar-refractivity contribution in [2.24, 2.45) is 4.99 Å². The van der Waals surface area contributed by atoms with Gasteiger partial charge in [0.2, 0.25) is 0 Å². The molecule has 3 aromatic rings. The highest BCUT2D eigenvalue weighted by Crippen LogP contribution is 2.24. The maximum Gasteiger partial charge on any atom is 0.279 e. The van der Waals surface area contributed by atoms with Gasteiger partial charge in [0.05, 0.1) is 24.4 Å². The smallest absolute Gasteiger partial charge is 0.279 e. The number of carbonyl (C=O) groups is 1. The van der Waals surface area contributed by atoms with Crippen LogP contribution in [0.1, 0.15) is 28.4 Å². The Morgan fingerprint density at radius 3 is 2.23 bits per heavy atom. The van der Waals surface area contributed by atoms with Crippen molar-refractivity contribution in [3.8, 4) is 11.5 Å². The van der Waals surface area contributed by atoms with E-state index in [0.717, 1.165) is 16.8 Å². The van der Waals surface area contributed by atoms with Gasteiger partial charge in [-0.15, -0.1) is 0 Å². The molecular formula is C20H22N2O3S. The molecule has 0 unspecified atom stereocenters. The predicted octanol–water partition coefficient (Wildman–Crippen LogP) is 4.10. The van der Waals surface area contributed by atoms with Gasteiger partial charge in [0.1, 0.15) is 11.5 Å². The number of methoxy groups -OCH3 is 2. The summed E-state index contributed by atoms with van der Waals surface area (Å²) in [6.07, 6.45) is 0. The first-order valence-corrected chi connectivity index (χ1v) is 9.21. The molecule has 0 aliphatic rings. The van der Waals surface area contributed by atoms with E-state index in [1.54, 1.807) is 32.4 Å². The van der Waals surface area contributed by atoms with Gasteiger partial charge in [0.15, 0.2) is 4.80 Å². The average Bonchev–Trinajstić information content (AvgIpc) is 2.97. The summed E-state index contributed by atoms with van der Waals surface area (Å²) < 4.78 is 13.7. The highest BCUT2D eigenvalue weighted by Gasteiger charge is 2.12. The summed E-state index contributed by atoms with van der Waals surface area (Å²) in [5.74, 6) is 0.812. The molecule has 0 atom stereocenters. The number of aromatic nitrogens is 1. The minimum absolute atomic E-state index is 0.315. The Morgan fingerprint density at radius 1 is 1.04 bits per heavy atom. The monoisotopic (exact) mass is 370 g/mol. The Balaban J connectivity index is 2.14. The summed E-state index contributed by atoms with van der Waals surface area (Å²) in [5.41, 5.74) is 4.01. The summed E-state index contributed by atoms with van der Waals surface area (Å²) in [5, 5.41) is 0. The summed E-state index contributed by atoms with van der Waals surface area (Å²) in [6.45, 7) is 6.99. The summed E-state index contributed by atoms with van der Waals surface area (Å²) in [6, 6.07) is 9.38. The molecule has 0 saturated carbocycles. The van der Waals surface area contributed by atoms with Crippen LogP contribution in [0.2, 0.25) is 0 Å². The molecule has 5 nitrogen and oxygen atoms in total. The minimum atomic E-state index is -0.315. The number of nitrogens with zero attached hydrogens (tertiary/aromatic N) is 2. The van der Waals surface area contributed by atoms with E-state index in [0.29, 0.717) is 21.9 Å². The van der Waals surface area contributed by atoms with Crippen molar-refractivity contribution in [3.05, 3.63) is 51.8 Å². The zero-order valence-electron chi connectivity index (χ0n) is 15.6. The van der Waals surface area contributed by atoms with Crippen molar-refractivity contribution in [1.29, 1.82) is 0 Å². The summed E-state index contributed by atoms with van der Waals surface area (Å²) in [4.78, 5) is 17.8. The zero-order valence-corrected chi connectivity index (χ0v) is 16.4. The molecule has 3 rings (SSSR count). The third-order valence-electron chi connectivity index (χ3n) is 4.41. The fourth-order valence-electron chi connectivity index (χ4n) is 2.79. The standard InChI is InChI=1S/C20H22N2O3S/c1-6-22-17-7-12(2)13(3)8-18(17)26-20(22)21-19(23)14-9-15(24-4)11-16(10-14)25-5/h7-11H,6H2,1-5H3. The highest BCUT2D eigenvalue weighted by atomic mass is 32.1. The number of amides is 1. The first-order chi connectivity index (χ1) is 12.5. The molecule has 1 aromatic heterocycles. The van der Waals surface area contributed by atoms with Gasteiger partial charge in [-0.25, -0.2) is 0 Å². The lowest BCUT2D eigenvalue weighted by atomic mass is 10.1. The third kappa shape index (κ3) is 3.37. The first kappa shape index (κ1) is 18.2. The molecule has 26 heavy (non-hydrogen) atoms. The molecule has 0 spiro atoms. The second kappa shape index (κ2) is 7.33. The number of fused-ring (bicyclic) bond motifs is 1. The van der Waals surface area contributed by atoms with Gasteiger partial charge in [0.25, 0.3) is 5.91 Å². The second-order valence-electron chi connectivity index (χ2n) is 6.05. The second-order valence-corrected chi connectivity index (χ2v) is 7.06. The number of aryl methyl sites for hydroxylation is 3. The average molecular weight is 370 g/mol. The van der Waals surface area contributed by atoms with Crippen molar-refractivity contribution in [1.82, 2.24) is 4.57 Å². The van der Waals surface area contributed by atoms with E-state index in [1.807, 2.05) is 0 Å². The molecule has 0 saturated heterocycles. The topological polar surface area (TPSA) is 52.8 Å². The van der Waals surface area contributed by atoms with Crippen LogP contribution >= 0.6 is 11.3 Å². The Bertz CT molecular complexity index is 1020. The zero-order chi connectivity index (χ0) is 18.8. The van der Waals surface area contributed by atoms with Crippen LogP contribution in [-0.2, 0) is 6.54 Å². The van der Waals surface area contributed by atoms with Gasteiger partial charge in [-0.3, -0.25) is 4.79 Å². The molecule has 0 aliphatic heterocycles. The van der Waals surface area contributed by atoms with Crippen molar-refractivity contribution >= 4 is 27.5 Å². The fraction of sp³-hybridized carbons (Fsp3) is 0.300. The largest absolute Gasteiger partial charge is 0.497 e. The van der Waals surface area contributed by atoms with Gasteiger partial charge in [-0.1, -0.05) is 11.3 Å². The van der Waals surface area contributed by atoms with Crippen LogP contribution in [-0.4, -0.2) is 24.7 Å². The number of carbonyl (C=O) groups excluding carboxylic acids is 1. The predicted molar refractivity (Wildman–Crippen MR) is 104 cm³/mol. The lowest BCUT2D eigenvalue weighted by Crippen LogP contribution is -2.16. The van der Waals surface area contributed by atoms with Crippen LogP contribution in [0, 0.1) is 13.8 Å². The van der Waals surface area contributed by atoms with E-state index in [4.69, 9.17) is 9.47 Å². The SMILES string of the molecule is CCn1c(=NC(=O)c2cc(OC)cc(OC)c2)sc2cc(C)c(C)cc21. The molecule has 0 N–H and O–H groups in total. The Hall–Kier alpha value is -2.60. The van der Waals surface area contributed by atoms with E-state index in [1.165, 1.54) is 22.5 Å².